The average Bonchev–Trinajstić information content (AvgIpc) is 2.37. The van der Waals surface area contributed by atoms with E-state index in [0.717, 1.165) is 22.3 Å². The van der Waals surface area contributed by atoms with Crippen LogP contribution in [0.2, 0.25) is 0 Å². The summed E-state index contributed by atoms with van der Waals surface area (Å²) in [7, 11) is 0. The largest absolute Gasteiger partial charge is 0.294 e. The van der Waals surface area contributed by atoms with E-state index in [9.17, 15) is 4.79 Å². The lowest BCUT2D eigenvalue weighted by atomic mass is 9.93. The number of benzene rings is 2. The Kier molecular flexibility index (Phi) is 3.84. The molecule has 0 aliphatic rings. The van der Waals surface area contributed by atoms with E-state index in [-0.39, 0.29) is 5.78 Å². The standard InChI is InChI=1S/C18H20O/c1-12-8-9-15(4)17(10-12)18(19)11-16-13(2)6-5-7-14(16)3/h5-10H,11H2,1-4H3. The van der Waals surface area contributed by atoms with Crippen LogP contribution < -0.4 is 0 Å². The third-order valence-corrected chi connectivity index (χ3v) is 3.68. The molecule has 1 nitrogen and oxygen atoms in total. The topological polar surface area (TPSA) is 17.1 Å². The lowest BCUT2D eigenvalue weighted by Gasteiger charge is -2.11. The molecule has 0 unspecified atom stereocenters. The van der Waals surface area contributed by atoms with Gasteiger partial charge in [0.05, 0.1) is 0 Å². The average molecular weight is 252 g/mol. The highest BCUT2D eigenvalue weighted by Crippen LogP contribution is 2.18. The Morgan fingerprint density at radius 1 is 0.895 bits per heavy atom. The Morgan fingerprint density at radius 3 is 2.16 bits per heavy atom. The molecule has 0 fully saturated rings. The molecule has 2 rings (SSSR count). The van der Waals surface area contributed by atoms with Gasteiger partial charge in [-0.15, -0.1) is 0 Å². The first-order valence-electron chi connectivity index (χ1n) is 6.64. The van der Waals surface area contributed by atoms with Crippen LogP contribution in [-0.2, 0) is 6.42 Å². The van der Waals surface area contributed by atoms with Crippen LogP contribution in [0.15, 0.2) is 36.4 Å². The monoisotopic (exact) mass is 252 g/mol. The molecule has 19 heavy (non-hydrogen) atoms. The molecule has 0 spiro atoms. The van der Waals surface area contributed by atoms with Crippen LogP contribution in [0.3, 0.4) is 0 Å². The van der Waals surface area contributed by atoms with Crippen molar-refractivity contribution in [2.45, 2.75) is 34.1 Å². The summed E-state index contributed by atoms with van der Waals surface area (Å²) in [6.07, 6.45) is 0.489. The van der Waals surface area contributed by atoms with Crippen LogP contribution in [0, 0.1) is 27.7 Å². The zero-order valence-electron chi connectivity index (χ0n) is 12.1. The van der Waals surface area contributed by atoms with Gasteiger partial charge in [0.25, 0.3) is 0 Å². The summed E-state index contributed by atoms with van der Waals surface area (Å²) in [5.41, 5.74) is 6.59. The summed E-state index contributed by atoms with van der Waals surface area (Å²) in [6.45, 7) is 8.16. The van der Waals surface area contributed by atoms with Crippen molar-refractivity contribution in [3.63, 3.8) is 0 Å². The summed E-state index contributed by atoms with van der Waals surface area (Å²) in [6, 6.07) is 12.2. The quantitative estimate of drug-likeness (QED) is 0.742. The van der Waals surface area contributed by atoms with Crippen molar-refractivity contribution in [1.82, 2.24) is 0 Å². The number of carbonyl (C=O) groups is 1. The minimum atomic E-state index is 0.207. The van der Waals surface area contributed by atoms with Crippen molar-refractivity contribution in [3.8, 4) is 0 Å². The Bertz CT molecular complexity index is 603. The third kappa shape index (κ3) is 2.93. The van der Waals surface area contributed by atoms with Gasteiger partial charge in [-0.2, -0.15) is 0 Å². The molecular formula is C18H20O. The summed E-state index contributed by atoms with van der Waals surface area (Å²) in [5.74, 6) is 0.207. The van der Waals surface area contributed by atoms with E-state index in [2.05, 4.69) is 26.0 Å². The van der Waals surface area contributed by atoms with E-state index in [1.54, 1.807) is 0 Å². The van der Waals surface area contributed by atoms with E-state index < -0.39 is 0 Å². The lowest BCUT2D eigenvalue weighted by Crippen LogP contribution is -2.08. The molecule has 1 heteroatoms. The molecule has 0 aromatic heterocycles. The molecule has 0 atom stereocenters. The normalized spacial score (nSPS) is 10.5. The second kappa shape index (κ2) is 5.40. The number of aryl methyl sites for hydroxylation is 4. The first-order valence-corrected chi connectivity index (χ1v) is 6.64. The second-order valence-electron chi connectivity index (χ2n) is 5.29. The highest BCUT2D eigenvalue weighted by molar-refractivity contribution is 5.99. The Hall–Kier alpha value is -1.89. The highest BCUT2D eigenvalue weighted by Gasteiger charge is 2.12. The second-order valence-corrected chi connectivity index (χ2v) is 5.29. The molecule has 0 aliphatic carbocycles. The third-order valence-electron chi connectivity index (χ3n) is 3.68. The fourth-order valence-corrected chi connectivity index (χ4v) is 2.42. The fraction of sp³-hybridized carbons (Fsp3) is 0.278. The predicted octanol–water partition coefficient (Wildman–Crippen LogP) is 4.35. The van der Waals surface area contributed by atoms with Crippen molar-refractivity contribution in [3.05, 3.63) is 69.8 Å². The molecule has 0 heterocycles. The van der Waals surface area contributed by atoms with Gasteiger partial charge in [0.2, 0.25) is 0 Å². The first-order chi connectivity index (χ1) is 8.99. The van der Waals surface area contributed by atoms with Crippen molar-refractivity contribution >= 4 is 5.78 Å². The van der Waals surface area contributed by atoms with Crippen molar-refractivity contribution in [2.24, 2.45) is 0 Å². The molecule has 0 radical (unpaired) electrons. The molecule has 0 saturated heterocycles. The molecule has 0 aliphatic heterocycles. The van der Waals surface area contributed by atoms with Gasteiger partial charge in [-0.05, 0) is 56.0 Å². The van der Waals surface area contributed by atoms with Crippen LogP contribution in [0.4, 0.5) is 0 Å². The molecule has 2 aromatic rings. The maximum atomic E-state index is 12.5. The van der Waals surface area contributed by atoms with Crippen LogP contribution in [0.1, 0.15) is 38.2 Å². The van der Waals surface area contributed by atoms with Gasteiger partial charge >= 0.3 is 0 Å². The van der Waals surface area contributed by atoms with Crippen molar-refractivity contribution < 1.29 is 4.79 Å². The number of hydrogen-bond donors (Lipinski definition) is 0. The molecule has 98 valence electrons. The molecular weight excluding hydrogens is 232 g/mol. The maximum absolute atomic E-state index is 12.5. The van der Waals surface area contributed by atoms with Crippen LogP contribution in [-0.4, -0.2) is 5.78 Å². The van der Waals surface area contributed by atoms with Crippen molar-refractivity contribution in [1.29, 1.82) is 0 Å². The van der Waals surface area contributed by atoms with Crippen LogP contribution in [0.5, 0.6) is 0 Å². The Balaban J connectivity index is 2.34. The summed E-state index contributed by atoms with van der Waals surface area (Å²) >= 11 is 0. The van der Waals surface area contributed by atoms with Gasteiger partial charge in [0.1, 0.15) is 0 Å². The predicted molar refractivity (Wildman–Crippen MR) is 79.9 cm³/mol. The van der Waals surface area contributed by atoms with E-state index in [4.69, 9.17) is 0 Å². The van der Waals surface area contributed by atoms with Gasteiger partial charge in [-0.25, -0.2) is 0 Å². The van der Waals surface area contributed by atoms with Gasteiger partial charge in [0, 0.05) is 12.0 Å². The van der Waals surface area contributed by atoms with Gasteiger partial charge in [0.15, 0.2) is 5.78 Å². The van der Waals surface area contributed by atoms with Gasteiger partial charge in [-0.3, -0.25) is 4.79 Å². The number of Topliss-reactive ketones (excluding diaryl/α,β-unsaturated/α-hetero) is 1. The lowest BCUT2D eigenvalue weighted by molar-refractivity contribution is 0.0992. The Labute approximate surface area is 115 Å². The van der Waals surface area contributed by atoms with Crippen LogP contribution in [0.25, 0.3) is 0 Å². The smallest absolute Gasteiger partial charge is 0.167 e. The van der Waals surface area contributed by atoms with E-state index in [1.807, 2.05) is 38.1 Å². The number of ketones is 1. The minimum absolute atomic E-state index is 0.207. The van der Waals surface area contributed by atoms with E-state index in [1.165, 1.54) is 11.1 Å². The molecule has 0 saturated carbocycles. The molecule has 0 amide bonds. The SMILES string of the molecule is Cc1ccc(C)c(C(=O)Cc2c(C)cccc2C)c1. The van der Waals surface area contributed by atoms with Gasteiger partial charge < -0.3 is 0 Å². The summed E-state index contributed by atoms with van der Waals surface area (Å²) < 4.78 is 0. The van der Waals surface area contributed by atoms with E-state index in [0.29, 0.717) is 6.42 Å². The molecule has 0 N–H and O–H groups in total. The van der Waals surface area contributed by atoms with Crippen LogP contribution >= 0.6 is 0 Å². The molecule has 2 aromatic carbocycles. The zero-order chi connectivity index (χ0) is 14.0. The first kappa shape index (κ1) is 13.5. The number of hydrogen-bond acceptors (Lipinski definition) is 1. The van der Waals surface area contributed by atoms with Gasteiger partial charge in [-0.1, -0.05) is 35.9 Å². The molecule has 0 bridgehead atoms. The van der Waals surface area contributed by atoms with E-state index >= 15 is 0 Å². The summed E-state index contributed by atoms with van der Waals surface area (Å²) in [5, 5.41) is 0. The maximum Gasteiger partial charge on any atom is 0.167 e. The Morgan fingerprint density at radius 2 is 1.53 bits per heavy atom. The number of carbonyl (C=O) groups excluding carboxylic acids is 1. The minimum Gasteiger partial charge on any atom is -0.294 e. The highest BCUT2D eigenvalue weighted by atomic mass is 16.1. The zero-order valence-corrected chi connectivity index (χ0v) is 12.1. The summed E-state index contributed by atoms with van der Waals surface area (Å²) in [4.78, 5) is 12.5. The number of rotatable bonds is 3. The van der Waals surface area contributed by atoms with Crippen molar-refractivity contribution in [2.75, 3.05) is 0 Å². The fourth-order valence-electron chi connectivity index (χ4n) is 2.42.